The van der Waals surface area contributed by atoms with E-state index in [2.05, 4.69) is 34.8 Å². The van der Waals surface area contributed by atoms with Crippen LogP contribution in [0.4, 0.5) is 0 Å². The zero-order valence-corrected chi connectivity index (χ0v) is 9.84. The molecule has 0 amide bonds. The summed E-state index contributed by atoms with van der Waals surface area (Å²) >= 11 is 3.41. The van der Waals surface area contributed by atoms with Crippen molar-refractivity contribution in [3.05, 3.63) is 34.3 Å². The van der Waals surface area contributed by atoms with E-state index >= 15 is 0 Å². The van der Waals surface area contributed by atoms with Crippen LogP contribution >= 0.6 is 15.9 Å². The summed E-state index contributed by atoms with van der Waals surface area (Å²) in [6, 6.07) is 8.03. The molecule has 2 nitrogen and oxygen atoms in total. The first-order valence-corrected chi connectivity index (χ1v) is 5.15. The van der Waals surface area contributed by atoms with Crippen molar-refractivity contribution < 1.29 is 4.79 Å². The van der Waals surface area contributed by atoms with Gasteiger partial charge in [0.15, 0.2) is 0 Å². The standard InChI is InChI=1S/C11H12BrNO/c1-11(2,7-13-8-14)9-4-3-5-10(12)6-9/h3-6H,7H2,1-2H3. The number of aliphatic imine (C=N–C) groups is 1. The van der Waals surface area contributed by atoms with Crippen LogP contribution in [0.5, 0.6) is 0 Å². The average Bonchev–Trinajstić information content (AvgIpc) is 2.15. The predicted octanol–water partition coefficient (Wildman–Crippen LogP) is 3.06. The van der Waals surface area contributed by atoms with Crippen molar-refractivity contribution in [3.8, 4) is 0 Å². The maximum atomic E-state index is 10.0. The second-order valence-electron chi connectivity index (χ2n) is 3.80. The summed E-state index contributed by atoms with van der Waals surface area (Å²) in [5, 5.41) is 0. The third-order valence-corrected chi connectivity index (χ3v) is 2.64. The largest absolute Gasteiger partial charge is 0.234 e. The van der Waals surface area contributed by atoms with E-state index in [-0.39, 0.29) is 5.41 Å². The van der Waals surface area contributed by atoms with Crippen molar-refractivity contribution in [1.29, 1.82) is 0 Å². The van der Waals surface area contributed by atoms with Gasteiger partial charge in [-0.1, -0.05) is 41.9 Å². The summed E-state index contributed by atoms with van der Waals surface area (Å²) < 4.78 is 1.04. The quantitative estimate of drug-likeness (QED) is 0.602. The summed E-state index contributed by atoms with van der Waals surface area (Å²) in [7, 11) is 0. The fourth-order valence-corrected chi connectivity index (χ4v) is 1.63. The SMILES string of the molecule is CC(C)(CN=C=O)c1cccc(Br)c1. The van der Waals surface area contributed by atoms with Crippen LogP contribution in [0.25, 0.3) is 0 Å². The molecule has 0 unspecified atom stereocenters. The second kappa shape index (κ2) is 4.54. The minimum absolute atomic E-state index is 0.124. The van der Waals surface area contributed by atoms with E-state index in [1.54, 1.807) is 6.08 Å². The van der Waals surface area contributed by atoms with Gasteiger partial charge in [0.2, 0.25) is 6.08 Å². The Morgan fingerprint density at radius 2 is 2.21 bits per heavy atom. The Labute approximate surface area is 92.2 Å². The fourth-order valence-electron chi connectivity index (χ4n) is 1.23. The number of hydrogen-bond acceptors (Lipinski definition) is 2. The minimum Gasteiger partial charge on any atom is -0.211 e. The molecule has 0 aliphatic rings. The molecule has 0 saturated heterocycles. The van der Waals surface area contributed by atoms with Crippen LogP contribution in [0.1, 0.15) is 19.4 Å². The molecule has 1 aromatic rings. The highest BCUT2D eigenvalue weighted by Crippen LogP contribution is 2.25. The summed E-state index contributed by atoms with van der Waals surface area (Å²) in [6.45, 7) is 4.57. The number of rotatable bonds is 3. The van der Waals surface area contributed by atoms with Crippen LogP contribution in [0, 0.1) is 0 Å². The van der Waals surface area contributed by atoms with Crippen LogP contribution in [0.15, 0.2) is 33.7 Å². The Kier molecular flexibility index (Phi) is 3.62. The van der Waals surface area contributed by atoms with Gasteiger partial charge in [-0.15, -0.1) is 0 Å². The molecule has 3 heteroatoms. The molecule has 1 rings (SSSR count). The van der Waals surface area contributed by atoms with E-state index in [1.807, 2.05) is 24.3 Å². The minimum atomic E-state index is -0.124. The average molecular weight is 254 g/mol. The first-order valence-electron chi connectivity index (χ1n) is 4.36. The number of isocyanates is 1. The molecular weight excluding hydrogens is 242 g/mol. The Morgan fingerprint density at radius 1 is 1.50 bits per heavy atom. The lowest BCUT2D eigenvalue weighted by atomic mass is 9.85. The lowest BCUT2D eigenvalue weighted by Crippen LogP contribution is -2.20. The van der Waals surface area contributed by atoms with Crippen LogP contribution in [-0.2, 0) is 10.2 Å². The first-order chi connectivity index (χ1) is 6.56. The van der Waals surface area contributed by atoms with E-state index < -0.39 is 0 Å². The van der Waals surface area contributed by atoms with Gasteiger partial charge in [0.1, 0.15) is 0 Å². The number of halogens is 1. The Balaban J connectivity index is 2.96. The third kappa shape index (κ3) is 2.79. The molecule has 0 N–H and O–H groups in total. The molecule has 74 valence electrons. The Bertz CT molecular complexity index is 367. The first kappa shape index (κ1) is 11.2. The Hall–Kier alpha value is -0.920. The zero-order chi connectivity index (χ0) is 10.6. The van der Waals surface area contributed by atoms with Gasteiger partial charge in [-0.2, -0.15) is 0 Å². The number of carbonyl (C=O) groups excluding carboxylic acids is 1. The molecule has 0 spiro atoms. The maximum absolute atomic E-state index is 10.0. The molecule has 0 aliphatic carbocycles. The van der Waals surface area contributed by atoms with Gasteiger partial charge in [0.25, 0.3) is 0 Å². The van der Waals surface area contributed by atoms with Crippen LogP contribution in [-0.4, -0.2) is 12.6 Å². The van der Waals surface area contributed by atoms with Gasteiger partial charge in [-0.05, 0) is 17.7 Å². The summed E-state index contributed by atoms with van der Waals surface area (Å²) in [6.07, 6.45) is 1.57. The summed E-state index contributed by atoms with van der Waals surface area (Å²) in [5.74, 6) is 0. The molecule has 0 radical (unpaired) electrons. The normalized spacial score (nSPS) is 10.8. The molecule has 0 saturated carbocycles. The summed E-state index contributed by atoms with van der Waals surface area (Å²) in [4.78, 5) is 13.7. The molecule has 1 aromatic carbocycles. The van der Waals surface area contributed by atoms with Crippen molar-refractivity contribution in [2.24, 2.45) is 4.99 Å². The van der Waals surface area contributed by atoms with Crippen molar-refractivity contribution in [2.75, 3.05) is 6.54 Å². The molecule has 14 heavy (non-hydrogen) atoms. The highest BCUT2D eigenvalue weighted by molar-refractivity contribution is 9.10. The molecule has 0 heterocycles. The smallest absolute Gasteiger partial charge is 0.211 e. The van der Waals surface area contributed by atoms with Gasteiger partial charge in [0, 0.05) is 9.89 Å². The molecule has 0 fully saturated rings. The van der Waals surface area contributed by atoms with Gasteiger partial charge in [-0.25, -0.2) is 9.79 Å². The monoisotopic (exact) mass is 253 g/mol. The van der Waals surface area contributed by atoms with Crippen LogP contribution < -0.4 is 0 Å². The highest BCUT2D eigenvalue weighted by Gasteiger charge is 2.19. The van der Waals surface area contributed by atoms with Crippen LogP contribution in [0.3, 0.4) is 0 Å². The van der Waals surface area contributed by atoms with Gasteiger partial charge >= 0.3 is 0 Å². The van der Waals surface area contributed by atoms with E-state index in [1.165, 1.54) is 0 Å². The van der Waals surface area contributed by atoms with Crippen molar-refractivity contribution in [2.45, 2.75) is 19.3 Å². The lowest BCUT2D eigenvalue weighted by Gasteiger charge is -2.22. The lowest BCUT2D eigenvalue weighted by molar-refractivity contribution is 0.526. The number of benzene rings is 1. The van der Waals surface area contributed by atoms with Gasteiger partial charge in [-0.3, -0.25) is 0 Å². The Morgan fingerprint density at radius 3 is 2.79 bits per heavy atom. The zero-order valence-electron chi connectivity index (χ0n) is 8.25. The third-order valence-electron chi connectivity index (χ3n) is 2.14. The number of hydrogen-bond donors (Lipinski definition) is 0. The highest BCUT2D eigenvalue weighted by atomic mass is 79.9. The van der Waals surface area contributed by atoms with Crippen LogP contribution in [0.2, 0.25) is 0 Å². The number of nitrogens with zero attached hydrogens (tertiary/aromatic N) is 1. The fraction of sp³-hybridized carbons (Fsp3) is 0.364. The molecule has 0 aliphatic heterocycles. The van der Waals surface area contributed by atoms with E-state index in [0.717, 1.165) is 10.0 Å². The molecule has 0 aromatic heterocycles. The predicted molar refractivity (Wildman–Crippen MR) is 60.2 cm³/mol. The van der Waals surface area contributed by atoms with Crippen molar-refractivity contribution >= 4 is 22.0 Å². The van der Waals surface area contributed by atoms with E-state index in [0.29, 0.717) is 6.54 Å². The molecule has 0 atom stereocenters. The van der Waals surface area contributed by atoms with Gasteiger partial charge in [0.05, 0.1) is 6.54 Å². The second-order valence-corrected chi connectivity index (χ2v) is 4.72. The van der Waals surface area contributed by atoms with Gasteiger partial charge < -0.3 is 0 Å². The summed E-state index contributed by atoms with van der Waals surface area (Å²) in [5.41, 5.74) is 1.03. The van der Waals surface area contributed by atoms with E-state index in [4.69, 9.17) is 0 Å². The van der Waals surface area contributed by atoms with Crippen molar-refractivity contribution in [1.82, 2.24) is 0 Å². The van der Waals surface area contributed by atoms with E-state index in [9.17, 15) is 4.79 Å². The van der Waals surface area contributed by atoms with Crippen molar-refractivity contribution in [3.63, 3.8) is 0 Å². The maximum Gasteiger partial charge on any atom is 0.234 e. The molecule has 0 bridgehead atoms. The molecular formula is C11H12BrNO. The topological polar surface area (TPSA) is 29.4 Å².